The molecular weight excluding hydrogens is 295 g/mol. The third kappa shape index (κ3) is 5.18. The summed E-state index contributed by atoms with van der Waals surface area (Å²) in [5.74, 6) is -0.643. The van der Waals surface area contributed by atoms with Crippen LogP contribution < -0.4 is 0 Å². The van der Waals surface area contributed by atoms with Gasteiger partial charge < -0.3 is 9.47 Å². The fourth-order valence-corrected chi connectivity index (χ4v) is 2.83. The molecular formula is C14H21O6P. The monoisotopic (exact) mass is 316 g/mol. The van der Waals surface area contributed by atoms with Gasteiger partial charge in [-0.05, 0) is 19.4 Å². The van der Waals surface area contributed by atoms with E-state index in [-0.39, 0.29) is 19.3 Å². The average molecular weight is 316 g/mol. The van der Waals surface area contributed by atoms with Gasteiger partial charge in [-0.3, -0.25) is 13.6 Å². The van der Waals surface area contributed by atoms with Gasteiger partial charge in [0.1, 0.15) is 6.10 Å². The maximum Gasteiger partial charge on any atom is 0.474 e. The minimum Gasteiger partial charge on any atom is -0.348 e. The smallest absolute Gasteiger partial charge is 0.348 e. The summed E-state index contributed by atoms with van der Waals surface area (Å²) < 4.78 is 38.8. The number of rotatable bonds is 7. The second-order valence-corrected chi connectivity index (χ2v) is 6.91. The number of phosphoric ester groups is 1. The Balaban J connectivity index is 1.82. The first-order chi connectivity index (χ1) is 9.92. The molecule has 1 aliphatic heterocycles. The first-order valence-corrected chi connectivity index (χ1v) is 8.19. The quantitative estimate of drug-likeness (QED) is 0.720. The summed E-state index contributed by atoms with van der Waals surface area (Å²) in [5.41, 5.74) is 0.889. The van der Waals surface area contributed by atoms with Crippen molar-refractivity contribution in [2.24, 2.45) is 0 Å². The molecule has 7 heteroatoms. The summed E-state index contributed by atoms with van der Waals surface area (Å²) in [4.78, 5) is 0. The van der Waals surface area contributed by atoms with Gasteiger partial charge >= 0.3 is 7.82 Å². The zero-order chi connectivity index (χ0) is 15.3. The Bertz CT molecular complexity index is 489. The highest BCUT2D eigenvalue weighted by atomic mass is 31.2. The lowest BCUT2D eigenvalue weighted by Crippen LogP contribution is -2.23. The van der Waals surface area contributed by atoms with Crippen LogP contribution in [0.2, 0.25) is 0 Å². The first kappa shape index (κ1) is 16.6. The van der Waals surface area contributed by atoms with Crippen LogP contribution >= 0.6 is 7.82 Å². The molecule has 0 radical (unpaired) electrons. The Morgan fingerprint density at radius 2 is 2.00 bits per heavy atom. The third-order valence-electron chi connectivity index (χ3n) is 2.94. The molecule has 2 atom stereocenters. The summed E-state index contributed by atoms with van der Waals surface area (Å²) in [6.45, 7) is 4.25. The second-order valence-electron chi connectivity index (χ2n) is 5.14. The highest BCUT2D eigenvalue weighted by Crippen LogP contribution is 2.49. The number of hydrogen-bond donors (Lipinski definition) is 0. The molecule has 0 aromatic heterocycles. The van der Waals surface area contributed by atoms with Crippen molar-refractivity contribution in [1.82, 2.24) is 0 Å². The molecule has 1 saturated heterocycles. The standard InChI is InChI=1S/C14H21O6P/c1-14(2)17-10-13(20-14)11-19-21(15,16-3)18-9-12-7-5-4-6-8-12/h4-8,13H,9-11H2,1-3H3. The van der Waals surface area contributed by atoms with Crippen molar-refractivity contribution in [3.63, 3.8) is 0 Å². The highest BCUT2D eigenvalue weighted by molar-refractivity contribution is 7.48. The number of benzene rings is 1. The van der Waals surface area contributed by atoms with E-state index in [1.165, 1.54) is 7.11 Å². The van der Waals surface area contributed by atoms with E-state index in [2.05, 4.69) is 0 Å². The van der Waals surface area contributed by atoms with Gasteiger partial charge in [0, 0.05) is 7.11 Å². The highest BCUT2D eigenvalue weighted by Gasteiger charge is 2.35. The van der Waals surface area contributed by atoms with Crippen LogP contribution in [0, 0.1) is 0 Å². The van der Waals surface area contributed by atoms with Crippen molar-refractivity contribution < 1.29 is 27.6 Å². The van der Waals surface area contributed by atoms with Gasteiger partial charge in [-0.25, -0.2) is 4.57 Å². The first-order valence-electron chi connectivity index (χ1n) is 6.73. The Kier molecular flexibility index (Phi) is 5.54. The molecule has 0 bridgehead atoms. The van der Waals surface area contributed by atoms with E-state index in [1.54, 1.807) is 0 Å². The Labute approximate surface area is 124 Å². The topological polar surface area (TPSA) is 63.2 Å². The molecule has 6 nitrogen and oxygen atoms in total. The van der Waals surface area contributed by atoms with Gasteiger partial charge in [-0.1, -0.05) is 30.3 Å². The minimum atomic E-state index is -3.60. The molecule has 2 unspecified atom stereocenters. The average Bonchev–Trinajstić information content (AvgIpc) is 2.84. The van der Waals surface area contributed by atoms with E-state index in [0.29, 0.717) is 6.61 Å². The van der Waals surface area contributed by atoms with Crippen LogP contribution in [-0.2, 0) is 34.2 Å². The number of ether oxygens (including phenoxy) is 2. The van der Waals surface area contributed by atoms with E-state index in [9.17, 15) is 4.57 Å². The Morgan fingerprint density at radius 1 is 1.29 bits per heavy atom. The van der Waals surface area contributed by atoms with Crippen molar-refractivity contribution in [2.75, 3.05) is 20.3 Å². The largest absolute Gasteiger partial charge is 0.474 e. The lowest BCUT2D eigenvalue weighted by Gasteiger charge is -2.19. The summed E-state index contributed by atoms with van der Waals surface area (Å²) in [6, 6.07) is 9.40. The zero-order valence-corrected chi connectivity index (χ0v) is 13.4. The van der Waals surface area contributed by atoms with E-state index in [0.717, 1.165) is 5.56 Å². The van der Waals surface area contributed by atoms with Crippen LogP contribution in [0.3, 0.4) is 0 Å². The third-order valence-corrected chi connectivity index (χ3v) is 4.30. The van der Waals surface area contributed by atoms with Crippen LogP contribution in [0.4, 0.5) is 0 Å². The zero-order valence-electron chi connectivity index (χ0n) is 12.5. The van der Waals surface area contributed by atoms with Gasteiger partial charge in [-0.2, -0.15) is 0 Å². The lowest BCUT2D eigenvalue weighted by molar-refractivity contribution is -0.142. The molecule has 21 heavy (non-hydrogen) atoms. The maximum absolute atomic E-state index is 12.3. The van der Waals surface area contributed by atoms with E-state index < -0.39 is 13.6 Å². The normalized spacial score (nSPS) is 23.9. The van der Waals surface area contributed by atoms with E-state index in [1.807, 2.05) is 44.2 Å². The molecule has 118 valence electrons. The van der Waals surface area contributed by atoms with E-state index >= 15 is 0 Å². The molecule has 0 spiro atoms. The van der Waals surface area contributed by atoms with Crippen molar-refractivity contribution in [2.45, 2.75) is 32.3 Å². The molecule has 1 heterocycles. The van der Waals surface area contributed by atoms with Gasteiger partial charge in [0.15, 0.2) is 5.79 Å². The van der Waals surface area contributed by atoms with Gasteiger partial charge in [0.25, 0.3) is 0 Å². The van der Waals surface area contributed by atoms with Crippen LogP contribution in [0.1, 0.15) is 19.4 Å². The Morgan fingerprint density at radius 3 is 2.57 bits per heavy atom. The summed E-state index contributed by atoms with van der Waals surface area (Å²) in [6.07, 6.45) is -0.288. The van der Waals surface area contributed by atoms with Crippen LogP contribution in [0.5, 0.6) is 0 Å². The predicted octanol–water partition coefficient (Wildman–Crippen LogP) is 3.13. The summed E-state index contributed by atoms with van der Waals surface area (Å²) in [5, 5.41) is 0. The van der Waals surface area contributed by atoms with Gasteiger partial charge in [-0.15, -0.1) is 0 Å². The van der Waals surface area contributed by atoms with Crippen molar-refractivity contribution in [3.05, 3.63) is 35.9 Å². The molecule has 1 aliphatic rings. The SMILES string of the molecule is COP(=O)(OCc1ccccc1)OCC1COC(C)(C)O1. The number of phosphoric acid groups is 1. The molecule has 1 aromatic rings. The number of hydrogen-bond acceptors (Lipinski definition) is 6. The molecule has 0 saturated carbocycles. The van der Waals surface area contributed by atoms with E-state index in [4.69, 9.17) is 23.0 Å². The van der Waals surface area contributed by atoms with Crippen molar-refractivity contribution in [3.8, 4) is 0 Å². The molecule has 0 N–H and O–H groups in total. The fraction of sp³-hybridized carbons (Fsp3) is 0.571. The lowest BCUT2D eigenvalue weighted by atomic mass is 10.2. The fourth-order valence-electron chi connectivity index (χ4n) is 1.89. The van der Waals surface area contributed by atoms with Gasteiger partial charge in [0.05, 0.1) is 19.8 Å². The predicted molar refractivity (Wildman–Crippen MR) is 76.7 cm³/mol. The molecule has 0 amide bonds. The van der Waals surface area contributed by atoms with Crippen molar-refractivity contribution >= 4 is 7.82 Å². The van der Waals surface area contributed by atoms with Crippen LogP contribution in [-0.4, -0.2) is 32.2 Å². The molecule has 2 rings (SSSR count). The second kappa shape index (κ2) is 7.01. The molecule has 1 aromatic carbocycles. The summed E-state index contributed by atoms with van der Waals surface area (Å²) >= 11 is 0. The molecule has 1 fully saturated rings. The van der Waals surface area contributed by atoms with Crippen LogP contribution in [0.25, 0.3) is 0 Å². The minimum absolute atomic E-state index is 0.0866. The maximum atomic E-state index is 12.3. The van der Waals surface area contributed by atoms with Crippen LogP contribution in [0.15, 0.2) is 30.3 Å². The van der Waals surface area contributed by atoms with Crippen molar-refractivity contribution in [1.29, 1.82) is 0 Å². The Hall–Kier alpha value is -0.750. The molecule has 0 aliphatic carbocycles. The van der Waals surface area contributed by atoms with Gasteiger partial charge in [0.2, 0.25) is 0 Å². The summed E-state index contributed by atoms with van der Waals surface area (Å²) in [7, 11) is -2.30.